The zero-order chi connectivity index (χ0) is 13.2. The van der Waals surface area contributed by atoms with Gasteiger partial charge in [0.2, 0.25) is 0 Å². The van der Waals surface area contributed by atoms with Gasteiger partial charge in [0.15, 0.2) is 0 Å². The minimum Gasteiger partial charge on any atom is -0.381 e. The molecule has 0 fully saturated rings. The fourth-order valence-corrected chi connectivity index (χ4v) is 2.13. The summed E-state index contributed by atoms with van der Waals surface area (Å²) in [5, 5.41) is 4.12. The first-order valence-corrected chi connectivity index (χ1v) is 5.97. The van der Waals surface area contributed by atoms with Gasteiger partial charge in [-0.2, -0.15) is 0 Å². The van der Waals surface area contributed by atoms with Gasteiger partial charge in [0.1, 0.15) is 11.6 Å². The van der Waals surface area contributed by atoms with Crippen LogP contribution < -0.4 is 5.32 Å². The highest BCUT2D eigenvalue weighted by molar-refractivity contribution is 5.83. The van der Waals surface area contributed by atoms with Crippen LogP contribution in [0.25, 0.3) is 10.9 Å². The summed E-state index contributed by atoms with van der Waals surface area (Å²) in [7, 11) is 0. The molecule has 2 nitrogen and oxygen atoms in total. The number of benzene rings is 2. The maximum Gasteiger partial charge on any atom is 0.128 e. The first-order valence-electron chi connectivity index (χ1n) is 5.97. The molecule has 3 aromatic rings. The molecule has 2 N–H and O–H groups in total. The lowest BCUT2D eigenvalue weighted by Gasteiger charge is -2.06. The Hall–Kier alpha value is -2.36. The van der Waals surface area contributed by atoms with Crippen LogP contribution in [0, 0.1) is 11.6 Å². The summed E-state index contributed by atoms with van der Waals surface area (Å²) in [6.45, 7) is 0.507. The summed E-state index contributed by atoms with van der Waals surface area (Å²) in [6, 6.07) is 11.3. The van der Waals surface area contributed by atoms with Crippen LogP contribution >= 0.6 is 0 Å². The molecule has 19 heavy (non-hydrogen) atoms. The fraction of sp³-hybridized carbons (Fsp3) is 0.0667. The first kappa shape index (κ1) is 11.7. The number of H-pyrrole nitrogens is 1. The van der Waals surface area contributed by atoms with Crippen LogP contribution in [-0.4, -0.2) is 4.98 Å². The number of nitrogens with one attached hydrogen (secondary N) is 2. The van der Waals surface area contributed by atoms with Crippen molar-refractivity contribution in [2.45, 2.75) is 6.54 Å². The van der Waals surface area contributed by atoms with Crippen LogP contribution in [-0.2, 0) is 6.54 Å². The molecule has 96 valence electrons. The van der Waals surface area contributed by atoms with E-state index in [1.54, 1.807) is 0 Å². The van der Waals surface area contributed by atoms with Gasteiger partial charge >= 0.3 is 0 Å². The number of aromatic amines is 1. The smallest absolute Gasteiger partial charge is 0.128 e. The second kappa shape index (κ2) is 4.72. The van der Waals surface area contributed by atoms with Crippen molar-refractivity contribution in [1.29, 1.82) is 0 Å². The summed E-state index contributed by atoms with van der Waals surface area (Å²) in [5.74, 6) is -1.16. The van der Waals surface area contributed by atoms with Crippen molar-refractivity contribution in [1.82, 2.24) is 4.98 Å². The Morgan fingerprint density at radius 2 is 1.74 bits per heavy atom. The van der Waals surface area contributed by atoms with Crippen LogP contribution in [0.2, 0.25) is 0 Å². The Balaban J connectivity index is 1.82. The molecule has 0 saturated carbocycles. The van der Waals surface area contributed by atoms with Crippen molar-refractivity contribution in [3.8, 4) is 0 Å². The number of para-hydroxylation sites is 1. The summed E-state index contributed by atoms with van der Waals surface area (Å²) in [6.07, 6.45) is 1.90. The van der Waals surface area contributed by atoms with E-state index in [-0.39, 0.29) is 0 Å². The van der Waals surface area contributed by atoms with Gasteiger partial charge in [0.05, 0.1) is 0 Å². The summed E-state index contributed by atoms with van der Waals surface area (Å²) < 4.78 is 26.1. The third-order valence-corrected chi connectivity index (χ3v) is 3.02. The van der Waals surface area contributed by atoms with Gasteiger partial charge in [-0.1, -0.05) is 18.2 Å². The Morgan fingerprint density at radius 1 is 1.00 bits per heavy atom. The molecular formula is C15H12F2N2. The molecule has 2 aromatic carbocycles. The van der Waals surface area contributed by atoms with E-state index in [2.05, 4.69) is 10.3 Å². The Morgan fingerprint density at radius 3 is 2.53 bits per heavy atom. The van der Waals surface area contributed by atoms with E-state index in [1.807, 2.05) is 30.5 Å². The monoisotopic (exact) mass is 258 g/mol. The van der Waals surface area contributed by atoms with Crippen molar-refractivity contribution >= 4 is 16.6 Å². The number of rotatable bonds is 3. The van der Waals surface area contributed by atoms with Crippen molar-refractivity contribution in [3.63, 3.8) is 0 Å². The Labute approximate surface area is 109 Å². The molecule has 0 atom stereocenters. The molecule has 0 amide bonds. The average Bonchev–Trinajstić information content (AvgIpc) is 2.78. The molecule has 3 rings (SSSR count). The molecule has 0 unspecified atom stereocenters. The molecular weight excluding hydrogens is 246 g/mol. The van der Waals surface area contributed by atoms with Gasteiger partial charge in [0.25, 0.3) is 0 Å². The van der Waals surface area contributed by atoms with Crippen LogP contribution in [0.5, 0.6) is 0 Å². The number of halogens is 2. The molecule has 0 aliphatic carbocycles. The third kappa shape index (κ3) is 2.42. The van der Waals surface area contributed by atoms with E-state index in [0.29, 0.717) is 12.2 Å². The third-order valence-electron chi connectivity index (χ3n) is 3.02. The van der Waals surface area contributed by atoms with E-state index in [4.69, 9.17) is 0 Å². The van der Waals surface area contributed by atoms with Crippen molar-refractivity contribution in [2.24, 2.45) is 0 Å². The maximum atomic E-state index is 13.1. The lowest BCUT2D eigenvalue weighted by Crippen LogP contribution is -1.99. The molecule has 4 heteroatoms. The summed E-state index contributed by atoms with van der Waals surface area (Å²) in [4.78, 5) is 3.16. The molecule has 0 aliphatic rings. The quantitative estimate of drug-likeness (QED) is 0.728. The minimum atomic E-state index is -0.582. The highest BCUT2D eigenvalue weighted by atomic mass is 19.1. The Kier molecular flexibility index (Phi) is 2.91. The van der Waals surface area contributed by atoms with Crippen LogP contribution in [0.3, 0.4) is 0 Å². The van der Waals surface area contributed by atoms with Crippen molar-refractivity contribution < 1.29 is 8.78 Å². The van der Waals surface area contributed by atoms with Gasteiger partial charge < -0.3 is 10.3 Å². The van der Waals surface area contributed by atoms with Gasteiger partial charge in [-0.05, 0) is 23.8 Å². The second-order valence-electron chi connectivity index (χ2n) is 4.37. The van der Waals surface area contributed by atoms with Crippen molar-refractivity contribution in [3.05, 3.63) is 65.9 Å². The number of aromatic nitrogens is 1. The normalized spacial score (nSPS) is 10.8. The largest absolute Gasteiger partial charge is 0.381 e. The zero-order valence-corrected chi connectivity index (χ0v) is 10.1. The maximum absolute atomic E-state index is 13.1. The standard InChI is InChI=1S/C15H12F2N2/c16-11-5-12(17)7-13(6-11)18-8-10-9-19-15-4-2-1-3-14(10)15/h1-7,9,18-19H,8H2. The van der Waals surface area contributed by atoms with Crippen LogP contribution in [0.15, 0.2) is 48.7 Å². The van der Waals surface area contributed by atoms with Crippen LogP contribution in [0.1, 0.15) is 5.56 Å². The summed E-state index contributed by atoms with van der Waals surface area (Å²) in [5.41, 5.74) is 2.53. The number of hydrogen-bond acceptors (Lipinski definition) is 1. The van der Waals surface area contributed by atoms with E-state index in [0.717, 1.165) is 22.5 Å². The first-order chi connectivity index (χ1) is 9.22. The molecule has 1 aromatic heterocycles. The van der Waals surface area contributed by atoms with E-state index >= 15 is 0 Å². The summed E-state index contributed by atoms with van der Waals surface area (Å²) >= 11 is 0. The molecule has 0 radical (unpaired) electrons. The van der Waals surface area contributed by atoms with Gasteiger partial charge in [-0.25, -0.2) is 8.78 Å². The molecule has 0 aliphatic heterocycles. The molecule has 1 heterocycles. The topological polar surface area (TPSA) is 27.8 Å². The minimum absolute atomic E-state index is 0.433. The SMILES string of the molecule is Fc1cc(F)cc(NCc2c[nH]c3ccccc23)c1. The predicted octanol–water partition coefficient (Wildman–Crippen LogP) is 4.06. The van der Waals surface area contributed by atoms with Crippen molar-refractivity contribution in [2.75, 3.05) is 5.32 Å². The lowest BCUT2D eigenvalue weighted by atomic mass is 10.2. The van der Waals surface area contributed by atoms with Crippen LogP contribution in [0.4, 0.5) is 14.5 Å². The molecule has 0 bridgehead atoms. The Bertz CT molecular complexity index is 699. The van der Waals surface area contributed by atoms with E-state index < -0.39 is 11.6 Å². The predicted molar refractivity (Wildman–Crippen MR) is 72.0 cm³/mol. The highest BCUT2D eigenvalue weighted by Crippen LogP contribution is 2.20. The number of anilines is 1. The molecule has 0 spiro atoms. The van der Waals surface area contributed by atoms with Gasteiger partial charge in [0, 0.05) is 35.4 Å². The van der Waals surface area contributed by atoms with E-state index in [1.165, 1.54) is 12.1 Å². The second-order valence-corrected chi connectivity index (χ2v) is 4.37. The zero-order valence-electron chi connectivity index (χ0n) is 10.1. The van der Waals surface area contributed by atoms with Gasteiger partial charge in [-0.3, -0.25) is 0 Å². The lowest BCUT2D eigenvalue weighted by molar-refractivity contribution is 0.584. The molecule has 0 saturated heterocycles. The van der Waals surface area contributed by atoms with Gasteiger partial charge in [-0.15, -0.1) is 0 Å². The highest BCUT2D eigenvalue weighted by Gasteiger charge is 2.04. The number of fused-ring (bicyclic) bond motifs is 1. The number of hydrogen-bond donors (Lipinski definition) is 2. The van der Waals surface area contributed by atoms with E-state index in [9.17, 15) is 8.78 Å². The average molecular weight is 258 g/mol. The fourth-order valence-electron chi connectivity index (χ4n) is 2.13.